The maximum absolute atomic E-state index is 12.9. The van der Waals surface area contributed by atoms with E-state index >= 15 is 0 Å². The molecule has 1 aromatic carbocycles. The Morgan fingerprint density at radius 2 is 1.95 bits per heavy atom. The molecule has 2 rings (SSSR count). The minimum absolute atomic E-state index is 0.280. The Bertz CT molecular complexity index is 593. The fourth-order valence-electron chi connectivity index (χ4n) is 1.83. The van der Waals surface area contributed by atoms with Gasteiger partial charge in [0, 0.05) is 6.20 Å². The Labute approximate surface area is 114 Å². The van der Waals surface area contributed by atoms with E-state index in [1.807, 2.05) is 0 Å². The molecular weight excluding hydrogens is 263 g/mol. The van der Waals surface area contributed by atoms with E-state index in [1.54, 1.807) is 18.3 Å². The maximum Gasteiger partial charge on any atom is 0.305 e. The Morgan fingerprint density at radius 3 is 2.50 bits per heavy atom. The number of halogens is 1. The number of hydrogen-bond donors (Lipinski definition) is 3. The van der Waals surface area contributed by atoms with Crippen LogP contribution in [-0.4, -0.2) is 22.0 Å². The largest absolute Gasteiger partial charge is 0.481 e. The lowest BCUT2D eigenvalue weighted by Gasteiger charge is -2.17. The van der Waals surface area contributed by atoms with Crippen LogP contribution in [0.1, 0.15) is 28.5 Å². The molecule has 0 bridgehead atoms. The van der Waals surface area contributed by atoms with Crippen LogP contribution in [0, 0.1) is 5.82 Å². The molecule has 0 aliphatic rings. The van der Waals surface area contributed by atoms with Crippen LogP contribution < -0.4 is 5.32 Å². The minimum atomic E-state index is -1.05. The van der Waals surface area contributed by atoms with Gasteiger partial charge >= 0.3 is 5.97 Å². The second-order valence-corrected chi connectivity index (χ2v) is 4.26. The number of carbonyl (C=O) groups is 2. The Kier molecular flexibility index (Phi) is 4.14. The Morgan fingerprint density at radius 1 is 1.25 bits per heavy atom. The van der Waals surface area contributed by atoms with E-state index in [-0.39, 0.29) is 6.42 Å². The summed E-state index contributed by atoms with van der Waals surface area (Å²) in [6.07, 6.45) is 1.32. The third-order valence-electron chi connectivity index (χ3n) is 2.80. The SMILES string of the molecule is O=C(O)CC(NC(=O)c1ccc[nH]1)c1ccc(F)cc1. The van der Waals surface area contributed by atoms with Crippen LogP contribution in [0.15, 0.2) is 42.6 Å². The van der Waals surface area contributed by atoms with Crippen molar-refractivity contribution in [2.24, 2.45) is 0 Å². The highest BCUT2D eigenvalue weighted by atomic mass is 19.1. The molecule has 0 radical (unpaired) electrons. The third-order valence-corrected chi connectivity index (χ3v) is 2.80. The van der Waals surface area contributed by atoms with Crippen molar-refractivity contribution < 1.29 is 19.1 Å². The van der Waals surface area contributed by atoms with Gasteiger partial charge in [0.2, 0.25) is 0 Å². The van der Waals surface area contributed by atoms with E-state index in [0.717, 1.165) is 0 Å². The van der Waals surface area contributed by atoms with Gasteiger partial charge in [0.25, 0.3) is 5.91 Å². The molecule has 1 unspecified atom stereocenters. The van der Waals surface area contributed by atoms with E-state index in [2.05, 4.69) is 10.3 Å². The summed E-state index contributed by atoms with van der Waals surface area (Å²) in [4.78, 5) is 25.6. The molecule has 0 aliphatic carbocycles. The van der Waals surface area contributed by atoms with Gasteiger partial charge in [0.05, 0.1) is 12.5 Å². The molecular formula is C14H13FN2O3. The van der Waals surface area contributed by atoms with Gasteiger partial charge < -0.3 is 15.4 Å². The molecule has 20 heavy (non-hydrogen) atoms. The van der Waals surface area contributed by atoms with Gasteiger partial charge in [-0.15, -0.1) is 0 Å². The number of rotatable bonds is 5. The van der Waals surface area contributed by atoms with Crippen molar-refractivity contribution in [3.05, 3.63) is 59.7 Å². The molecule has 0 aliphatic heterocycles. The number of carbonyl (C=O) groups excluding carboxylic acids is 1. The number of carboxylic acid groups (broad SMARTS) is 1. The molecule has 104 valence electrons. The van der Waals surface area contributed by atoms with Crippen molar-refractivity contribution in [3.63, 3.8) is 0 Å². The molecule has 3 N–H and O–H groups in total. The first-order chi connectivity index (χ1) is 9.56. The molecule has 2 aromatic rings. The first kappa shape index (κ1) is 13.8. The predicted octanol–water partition coefficient (Wildman–Crippen LogP) is 2.10. The van der Waals surface area contributed by atoms with E-state index in [4.69, 9.17) is 5.11 Å². The van der Waals surface area contributed by atoms with E-state index in [0.29, 0.717) is 11.3 Å². The molecule has 6 heteroatoms. The molecule has 0 fully saturated rings. The lowest BCUT2D eigenvalue weighted by Crippen LogP contribution is -2.30. The van der Waals surface area contributed by atoms with Crippen molar-refractivity contribution in [2.45, 2.75) is 12.5 Å². The van der Waals surface area contributed by atoms with Crippen molar-refractivity contribution in [2.75, 3.05) is 0 Å². The summed E-state index contributed by atoms with van der Waals surface area (Å²) in [5, 5.41) is 11.5. The topological polar surface area (TPSA) is 82.2 Å². The molecule has 1 atom stereocenters. The summed E-state index contributed by atoms with van der Waals surface area (Å²) >= 11 is 0. The first-order valence-corrected chi connectivity index (χ1v) is 5.98. The van der Waals surface area contributed by atoms with E-state index in [9.17, 15) is 14.0 Å². The zero-order chi connectivity index (χ0) is 14.5. The summed E-state index contributed by atoms with van der Waals surface area (Å²) in [7, 11) is 0. The van der Waals surface area contributed by atoms with Crippen LogP contribution in [0.25, 0.3) is 0 Å². The second kappa shape index (κ2) is 6.01. The minimum Gasteiger partial charge on any atom is -0.481 e. The molecule has 1 amide bonds. The predicted molar refractivity (Wildman–Crippen MR) is 69.7 cm³/mol. The lowest BCUT2D eigenvalue weighted by molar-refractivity contribution is -0.137. The average molecular weight is 276 g/mol. The number of hydrogen-bond acceptors (Lipinski definition) is 2. The zero-order valence-electron chi connectivity index (χ0n) is 10.5. The van der Waals surface area contributed by atoms with Crippen molar-refractivity contribution in [1.82, 2.24) is 10.3 Å². The van der Waals surface area contributed by atoms with Crippen LogP contribution in [-0.2, 0) is 4.79 Å². The van der Waals surface area contributed by atoms with E-state index in [1.165, 1.54) is 24.3 Å². The first-order valence-electron chi connectivity index (χ1n) is 5.98. The molecule has 1 heterocycles. The van der Waals surface area contributed by atoms with Crippen LogP contribution in [0.5, 0.6) is 0 Å². The van der Waals surface area contributed by atoms with Crippen LogP contribution in [0.3, 0.4) is 0 Å². The van der Waals surface area contributed by atoms with Gasteiger partial charge in [0.1, 0.15) is 11.5 Å². The highest BCUT2D eigenvalue weighted by Crippen LogP contribution is 2.18. The number of H-pyrrole nitrogens is 1. The number of benzene rings is 1. The highest BCUT2D eigenvalue weighted by Gasteiger charge is 2.19. The average Bonchev–Trinajstić information content (AvgIpc) is 2.92. The third kappa shape index (κ3) is 3.44. The zero-order valence-corrected chi connectivity index (χ0v) is 10.5. The van der Waals surface area contributed by atoms with Crippen molar-refractivity contribution >= 4 is 11.9 Å². The summed E-state index contributed by atoms with van der Waals surface area (Å²) in [6.45, 7) is 0. The van der Waals surface area contributed by atoms with Gasteiger partial charge in [-0.25, -0.2) is 4.39 Å². The Balaban J connectivity index is 2.17. The monoisotopic (exact) mass is 276 g/mol. The molecule has 0 saturated heterocycles. The fourth-order valence-corrected chi connectivity index (χ4v) is 1.83. The lowest BCUT2D eigenvalue weighted by atomic mass is 10.0. The number of aromatic amines is 1. The molecule has 0 saturated carbocycles. The smallest absolute Gasteiger partial charge is 0.305 e. The number of aromatic nitrogens is 1. The normalized spacial score (nSPS) is 11.8. The highest BCUT2D eigenvalue weighted by molar-refractivity contribution is 5.92. The van der Waals surface area contributed by atoms with Gasteiger partial charge in [0.15, 0.2) is 0 Å². The quantitative estimate of drug-likeness (QED) is 0.782. The van der Waals surface area contributed by atoms with Crippen LogP contribution >= 0.6 is 0 Å². The molecule has 0 spiro atoms. The van der Waals surface area contributed by atoms with Gasteiger partial charge in [-0.05, 0) is 29.8 Å². The van der Waals surface area contributed by atoms with Crippen LogP contribution in [0.4, 0.5) is 4.39 Å². The second-order valence-electron chi connectivity index (χ2n) is 4.26. The number of nitrogens with one attached hydrogen (secondary N) is 2. The fraction of sp³-hybridized carbons (Fsp3) is 0.143. The van der Waals surface area contributed by atoms with Crippen LogP contribution in [0.2, 0.25) is 0 Å². The molecule has 1 aromatic heterocycles. The van der Waals surface area contributed by atoms with Gasteiger partial charge in [-0.1, -0.05) is 12.1 Å². The maximum atomic E-state index is 12.9. The number of carboxylic acids is 1. The number of amides is 1. The summed E-state index contributed by atoms with van der Waals surface area (Å²) in [5.74, 6) is -1.88. The van der Waals surface area contributed by atoms with Gasteiger partial charge in [-0.3, -0.25) is 9.59 Å². The van der Waals surface area contributed by atoms with E-state index < -0.39 is 23.7 Å². The summed E-state index contributed by atoms with van der Waals surface area (Å²) < 4.78 is 12.9. The summed E-state index contributed by atoms with van der Waals surface area (Å²) in [6, 6.07) is 7.90. The van der Waals surface area contributed by atoms with Crippen molar-refractivity contribution in [3.8, 4) is 0 Å². The Hall–Kier alpha value is -2.63. The van der Waals surface area contributed by atoms with Gasteiger partial charge in [-0.2, -0.15) is 0 Å². The summed E-state index contributed by atoms with van der Waals surface area (Å²) in [5.41, 5.74) is 0.871. The standard InChI is InChI=1S/C14H13FN2O3/c15-10-5-3-9(4-6-10)12(8-13(18)19)17-14(20)11-2-1-7-16-11/h1-7,12,16H,8H2,(H,17,20)(H,18,19). The van der Waals surface area contributed by atoms with Crippen molar-refractivity contribution in [1.29, 1.82) is 0 Å². The molecule has 5 nitrogen and oxygen atoms in total. The number of aliphatic carboxylic acids is 1.